The summed E-state index contributed by atoms with van der Waals surface area (Å²) in [5, 5.41) is 0. The molecule has 1 fully saturated rings. The molecule has 0 unspecified atom stereocenters. The van der Waals surface area contributed by atoms with E-state index >= 15 is 0 Å². The van der Waals surface area contributed by atoms with Crippen molar-refractivity contribution < 1.29 is 8.42 Å². The first-order valence-corrected chi connectivity index (χ1v) is 13.0. The molecular formula is C24H31N3O2S2. The second-order valence-electron chi connectivity index (χ2n) is 8.59. The van der Waals surface area contributed by atoms with Crippen molar-refractivity contribution in [2.45, 2.75) is 28.0 Å². The van der Waals surface area contributed by atoms with Crippen LogP contribution in [0.2, 0.25) is 0 Å². The van der Waals surface area contributed by atoms with Crippen molar-refractivity contribution in [3.05, 3.63) is 59.2 Å². The lowest BCUT2D eigenvalue weighted by atomic mass is 9.91. The van der Waals surface area contributed by atoms with Crippen LogP contribution in [0.5, 0.6) is 0 Å². The van der Waals surface area contributed by atoms with Crippen LogP contribution in [0.4, 0.5) is 0 Å². The van der Waals surface area contributed by atoms with Crippen LogP contribution < -0.4 is 0 Å². The Labute approximate surface area is 190 Å². The Balaban J connectivity index is 1.73. The smallest absolute Gasteiger partial charge is 0.242 e. The van der Waals surface area contributed by atoms with Crippen molar-refractivity contribution in [1.29, 1.82) is 0 Å². The van der Waals surface area contributed by atoms with Gasteiger partial charge in [0.2, 0.25) is 10.0 Å². The number of sulfonamides is 1. The van der Waals surface area contributed by atoms with E-state index in [1.807, 2.05) is 12.1 Å². The first-order chi connectivity index (χ1) is 14.8. The van der Waals surface area contributed by atoms with Gasteiger partial charge in [-0.05, 0) is 61.4 Å². The van der Waals surface area contributed by atoms with Crippen molar-refractivity contribution in [2.24, 2.45) is 0 Å². The van der Waals surface area contributed by atoms with Crippen LogP contribution >= 0.6 is 11.8 Å². The summed E-state index contributed by atoms with van der Waals surface area (Å²) < 4.78 is 26.9. The van der Waals surface area contributed by atoms with Crippen LogP contribution in [0.1, 0.15) is 24.5 Å². The highest BCUT2D eigenvalue weighted by Crippen LogP contribution is 2.47. The summed E-state index contributed by atoms with van der Waals surface area (Å²) in [6.45, 7) is 7.67. The Morgan fingerprint density at radius 3 is 2.39 bits per heavy atom. The maximum atomic E-state index is 12.8. The monoisotopic (exact) mass is 457 g/mol. The average molecular weight is 458 g/mol. The molecule has 2 aliphatic heterocycles. The number of benzene rings is 2. The van der Waals surface area contributed by atoms with E-state index in [9.17, 15) is 8.42 Å². The Hall–Kier alpha value is -1.64. The molecule has 2 aliphatic rings. The summed E-state index contributed by atoms with van der Waals surface area (Å²) in [5.74, 6) is 0. The first-order valence-electron chi connectivity index (χ1n) is 10.7. The van der Waals surface area contributed by atoms with Gasteiger partial charge in [-0.1, -0.05) is 35.5 Å². The molecule has 0 saturated carbocycles. The van der Waals surface area contributed by atoms with Crippen molar-refractivity contribution in [2.75, 3.05) is 53.9 Å². The van der Waals surface area contributed by atoms with Crippen molar-refractivity contribution >= 4 is 27.4 Å². The Morgan fingerprint density at radius 2 is 1.68 bits per heavy atom. The summed E-state index contributed by atoms with van der Waals surface area (Å²) in [4.78, 5) is 7.60. The number of hydrogen-bond donors (Lipinski definition) is 0. The maximum Gasteiger partial charge on any atom is 0.242 e. The highest BCUT2D eigenvalue weighted by molar-refractivity contribution is 7.99. The van der Waals surface area contributed by atoms with Crippen LogP contribution in [-0.4, -0.2) is 76.4 Å². The highest BCUT2D eigenvalue weighted by atomic mass is 32.2. The molecule has 0 N–H and O–H groups in total. The van der Waals surface area contributed by atoms with Crippen LogP contribution in [0, 0.1) is 0 Å². The van der Waals surface area contributed by atoms with Gasteiger partial charge in [0.15, 0.2) is 0 Å². The largest absolute Gasteiger partial charge is 0.304 e. The standard InChI is InChI=1S/C24H31N3O2S2/c1-18(11-12-27-15-13-26(4)14-16-27)24-20-7-5-6-8-22(20)30-23-10-9-19(17-21(23)24)31(28,29)25(2)3/h5-10,17H,11-16H2,1-4H3. The quantitative estimate of drug-likeness (QED) is 0.582. The fourth-order valence-corrected chi connectivity index (χ4v) is 6.17. The van der Waals surface area contributed by atoms with E-state index in [1.165, 1.54) is 25.9 Å². The number of nitrogens with zero attached hydrogens (tertiary/aromatic N) is 3. The summed E-state index contributed by atoms with van der Waals surface area (Å²) >= 11 is 1.72. The zero-order valence-electron chi connectivity index (χ0n) is 18.8. The van der Waals surface area contributed by atoms with Gasteiger partial charge in [-0.2, -0.15) is 0 Å². The van der Waals surface area contributed by atoms with Crippen molar-refractivity contribution in [3.63, 3.8) is 0 Å². The lowest BCUT2D eigenvalue weighted by Crippen LogP contribution is -2.44. The topological polar surface area (TPSA) is 43.9 Å². The lowest BCUT2D eigenvalue weighted by Gasteiger charge is -2.32. The van der Waals surface area contributed by atoms with Gasteiger partial charge in [-0.15, -0.1) is 0 Å². The third-order valence-electron chi connectivity index (χ3n) is 6.20. The molecule has 166 valence electrons. The van der Waals surface area contributed by atoms with E-state index in [4.69, 9.17) is 0 Å². The fourth-order valence-electron chi connectivity index (χ4n) is 4.17. The maximum absolute atomic E-state index is 12.8. The minimum atomic E-state index is -3.48. The minimum absolute atomic E-state index is 0.348. The third kappa shape index (κ3) is 4.61. The third-order valence-corrected chi connectivity index (χ3v) is 9.16. The second-order valence-corrected chi connectivity index (χ2v) is 11.8. The van der Waals surface area contributed by atoms with Crippen molar-refractivity contribution in [3.8, 4) is 0 Å². The van der Waals surface area contributed by atoms with E-state index in [2.05, 4.69) is 48.0 Å². The van der Waals surface area contributed by atoms with Gasteiger partial charge in [0.05, 0.1) is 4.90 Å². The predicted molar refractivity (Wildman–Crippen MR) is 128 cm³/mol. The summed E-state index contributed by atoms with van der Waals surface area (Å²) in [6.07, 6.45) is 0.974. The Morgan fingerprint density at radius 1 is 1.00 bits per heavy atom. The molecule has 5 nitrogen and oxygen atoms in total. The Kier molecular flexibility index (Phi) is 6.60. The van der Waals surface area contributed by atoms with Crippen LogP contribution in [0.15, 0.2) is 62.7 Å². The second kappa shape index (κ2) is 9.08. The fraction of sp³-hybridized carbons (Fsp3) is 0.417. The summed E-state index contributed by atoms with van der Waals surface area (Å²) in [5.41, 5.74) is 4.74. The average Bonchev–Trinajstić information content (AvgIpc) is 2.76. The van der Waals surface area contributed by atoms with Gasteiger partial charge in [0.25, 0.3) is 0 Å². The van der Waals surface area contributed by atoms with E-state index in [0.717, 1.165) is 49.6 Å². The molecular weight excluding hydrogens is 426 g/mol. The molecule has 2 heterocycles. The van der Waals surface area contributed by atoms with E-state index in [1.54, 1.807) is 31.9 Å². The van der Waals surface area contributed by atoms with Crippen LogP contribution in [-0.2, 0) is 10.0 Å². The molecule has 2 aromatic carbocycles. The van der Waals surface area contributed by atoms with Gasteiger partial charge in [0.1, 0.15) is 0 Å². The van der Waals surface area contributed by atoms with Gasteiger partial charge in [-0.25, -0.2) is 12.7 Å². The van der Waals surface area contributed by atoms with E-state index < -0.39 is 10.0 Å². The highest BCUT2D eigenvalue weighted by Gasteiger charge is 2.26. The predicted octanol–water partition coefficient (Wildman–Crippen LogP) is 3.86. The van der Waals surface area contributed by atoms with Crippen LogP contribution in [0.3, 0.4) is 0 Å². The summed E-state index contributed by atoms with van der Waals surface area (Å²) in [6, 6.07) is 14.0. The molecule has 0 atom stereocenters. The van der Waals surface area contributed by atoms with Crippen molar-refractivity contribution in [1.82, 2.24) is 14.1 Å². The molecule has 1 saturated heterocycles. The first kappa shape index (κ1) is 22.6. The lowest BCUT2D eigenvalue weighted by molar-refractivity contribution is 0.155. The summed E-state index contributed by atoms with van der Waals surface area (Å²) in [7, 11) is 1.86. The molecule has 0 amide bonds. The number of likely N-dealkylation sites (N-methyl/N-ethyl adjacent to an activating group) is 1. The number of piperazine rings is 1. The zero-order valence-corrected chi connectivity index (χ0v) is 20.4. The minimum Gasteiger partial charge on any atom is -0.304 e. The van der Waals surface area contributed by atoms with E-state index in [-0.39, 0.29) is 0 Å². The molecule has 0 radical (unpaired) electrons. The number of fused-ring (bicyclic) bond motifs is 2. The van der Waals surface area contributed by atoms with Gasteiger partial charge in [0, 0.05) is 56.6 Å². The van der Waals surface area contributed by atoms with Gasteiger partial charge in [-0.3, -0.25) is 0 Å². The number of rotatable bonds is 5. The zero-order chi connectivity index (χ0) is 22.2. The van der Waals surface area contributed by atoms with Gasteiger partial charge >= 0.3 is 0 Å². The normalized spacial score (nSPS) is 19.3. The SMILES string of the molecule is CC(CCN1CCN(C)CC1)=C1c2ccccc2Sc2ccc(S(=O)(=O)N(C)C)cc21. The molecule has 4 rings (SSSR count). The molecule has 0 aromatic heterocycles. The molecule has 31 heavy (non-hydrogen) atoms. The molecule has 0 bridgehead atoms. The number of hydrogen-bond acceptors (Lipinski definition) is 5. The molecule has 0 spiro atoms. The van der Waals surface area contributed by atoms with Gasteiger partial charge < -0.3 is 9.80 Å². The molecule has 0 aliphatic carbocycles. The van der Waals surface area contributed by atoms with E-state index in [0.29, 0.717) is 4.90 Å². The molecule has 2 aromatic rings. The van der Waals surface area contributed by atoms with Crippen LogP contribution in [0.25, 0.3) is 5.57 Å². The Bertz CT molecular complexity index is 1100. The molecule has 7 heteroatoms.